The molecular weight excluding hydrogens is 404 g/mol. The molecule has 1 aliphatic rings. The fraction of sp³-hybridized carbons (Fsp3) is 0.389. The number of hydrogen-bond acceptors (Lipinski definition) is 3. The summed E-state index contributed by atoms with van der Waals surface area (Å²) in [5, 5.41) is 2.93. The van der Waals surface area contributed by atoms with Gasteiger partial charge in [0.05, 0.1) is 22.6 Å². The molecule has 1 aromatic carbocycles. The quantitative estimate of drug-likeness (QED) is 0.822. The van der Waals surface area contributed by atoms with Crippen LogP contribution in [0.3, 0.4) is 0 Å². The van der Waals surface area contributed by atoms with E-state index in [1.165, 1.54) is 0 Å². The molecule has 1 amide bonds. The Bertz CT molecular complexity index is 949. The maximum atomic E-state index is 12.8. The largest absolute Gasteiger partial charge is 0.346 e. The second kappa shape index (κ2) is 6.29. The van der Waals surface area contributed by atoms with Crippen LogP contribution in [0.4, 0.5) is 0 Å². The lowest BCUT2D eigenvalue weighted by molar-refractivity contribution is 0.0915. The van der Waals surface area contributed by atoms with Crippen LogP contribution in [0.15, 0.2) is 34.8 Å². The fourth-order valence-corrected chi connectivity index (χ4v) is 5.94. The fourth-order valence-electron chi connectivity index (χ4n) is 3.46. The molecule has 1 N–H and O–H groups in total. The number of halogens is 1. The monoisotopic (exact) mass is 424 g/mol. The van der Waals surface area contributed by atoms with E-state index in [4.69, 9.17) is 0 Å². The number of nitrogens with one attached hydrogen (secondary N) is 1. The minimum atomic E-state index is -3.07. The molecule has 134 valence electrons. The molecule has 0 aliphatic carbocycles. The van der Waals surface area contributed by atoms with Gasteiger partial charge in [0.25, 0.3) is 5.91 Å². The second-order valence-corrected chi connectivity index (χ2v) is 10.1. The summed E-state index contributed by atoms with van der Waals surface area (Å²) < 4.78 is 26.5. The predicted molar refractivity (Wildman–Crippen MR) is 102 cm³/mol. The van der Waals surface area contributed by atoms with E-state index in [9.17, 15) is 13.2 Å². The first kappa shape index (κ1) is 18.2. The Hall–Kier alpha value is -1.60. The lowest BCUT2D eigenvalue weighted by atomic mass is 10.0. The second-order valence-electron chi connectivity index (χ2n) is 6.96. The van der Waals surface area contributed by atoms with E-state index in [-0.39, 0.29) is 17.4 Å². The summed E-state index contributed by atoms with van der Waals surface area (Å²) in [5.74, 6) is -0.106. The molecule has 3 rings (SSSR count). The van der Waals surface area contributed by atoms with Gasteiger partial charge in [-0.3, -0.25) is 4.79 Å². The minimum Gasteiger partial charge on any atom is -0.346 e. The highest BCUT2D eigenvalue weighted by atomic mass is 79.9. The third-order valence-corrected chi connectivity index (χ3v) is 7.06. The Kier molecular flexibility index (Phi) is 4.58. The summed E-state index contributed by atoms with van der Waals surface area (Å²) in [5.41, 5.74) is 2.62. The summed E-state index contributed by atoms with van der Waals surface area (Å²) >= 11 is 3.47. The topological polar surface area (TPSA) is 68.2 Å². The van der Waals surface area contributed by atoms with Gasteiger partial charge in [0.15, 0.2) is 9.84 Å². The van der Waals surface area contributed by atoms with Crippen molar-refractivity contribution >= 4 is 31.7 Å². The standard InChI is InChI=1S/C18H21BrN2O3S/c1-12-9-16(13(2)21(12)15-6-4-5-14(19)10-15)17(22)20-18(3)7-8-25(23,24)11-18/h4-6,9-10H,7-8,11H2,1-3H3,(H,20,22). The van der Waals surface area contributed by atoms with Crippen molar-refractivity contribution in [2.75, 3.05) is 11.5 Å². The van der Waals surface area contributed by atoms with Crippen LogP contribution in [-0.4, -0.2) is 35.9 Å². The zero-order valence-corrected chi connectivity index (χ0v) is 16.9. The van der Waals surface area contributed by atoms with Crippen LogP contribution < -0.4 is 5.32 Å². The van der Waals surface area contributed by atoms with Gasteiger partial charge in [0.2, 0.25) is 0 Å². The number of aryl methyl sites for hydroxylation is 1. The molecule has 2 aromatic rings. The molecule has 25 heavy (non-hydrogen) atoms. The minimum absolute atomic E-state index is 0.00386. The number of hydrogen-bond donors (Lipinski definition) is 1. The van der Waals surface area contributed by atoms with Crippen LogP contribution in [-0.2, 0) is 9.84 Å². The van der Waals surface area contributed by atoms with Crippen LogP contribution >= 0.6 is 15.9 Å². The number of nitrogens with zero attached hydrogens (tertiary/aromatic N) is 1. The van der Waals surface area contributed by atoms with Gasteiger partial charge in [-0.2, -0.15) is 0 Å². The molecule has 1 aliphatic heterocycles. The Morgan fingerprint density at radius 3 is 2.60 bits per heavy atom. The molecule has 1 saturated heterocycles. The number of amides is 1. The first-order valence-corrected chi connectivity index (χ1v) is 10.7. The van der Waals surface area contributed by atoms with E-state index < -0.39 is 15.4 Å². The van der Waals surface area contributed by atoms with Crippen LogP contribution in [0.1, 0.15) is 35.1 Å². The van der Waals surface area contributed by atoms with E-state index in [2.05, 4.69) is 21.2 Å². The molecule has 5 nitrogen and oxygen atoms in total. The van der Waals surface area contributed by atoms with Gasteiger partial charge in [0, 0.05) is 21.5 Å². The van der Waals surface area contributed by atoms with Crippen molar-refractivity contribution in [3.63, 3.8) is 0 Å². The van der Waals surface area contributed by atoms with Gasteiger partial charge in [-0.15, -0.1) is 0 Å². The van der Waals surface area contributed by atoms with Crippen molar-refractivity contribution in [1.82, 2.24) is 9.88 Å². The third kappa shape index (κ3) is 3.67. The summed E-state index contributed by atoms with van der Waals surface area (Å²) in [6, 6.07) is 9.72. The molecular formula is C18H21BrN2O3S. The molecule has 1 fully saturated rings. The zero-order valence-electron chi connectivity index (χ0n) is 14.5. The van der Waals surface area contributed by atoms with Crippen molar-refractivity contribution in [1.29, 1.82) is 0 Å². The molecule has 2 heterocycles. The van der Waals surface area contributed by atoms with E-state index >= 15 is 0 Å². The van der Waals surface area contributed by atoms with E-state index in [1.807, 2.05) is 48.7 Å². The molecule has 1 atom stereocenters. The Morgan fingerprint density at radius 2 is 2.00 bits per heavy atom. The maximum absolute atomic E-state index is 12.8. The SMILES string of the molecule is Cc1cc(C(=O)NC2(C)CCS(=O)(=O)C2)c(C)n1-c1cccc(Br)c1. The lowest BCUT2D eigenvalue weighted by Crippen LogP contribution is -2.47. The van der Waals surface area contributed by atoms with Crippen molar-refractivity contribution in [2.24, 2.45) is 0 Å². The zero-order chi connectivity index (χ0) is 18.4. The van der Waals surface area contributed by atoms with Crippen LogP contribution in [0, 0.1) is 13.8 Å². The van der Waals surface area contributed by atoms with Gasteiger partial charge >= 0.3 is 0 Å². The molecule has 0 radical (unpaired) electrons. The van der Waals surface area contributed by atoms with E-state index in [0.29, 0.717) is 12.0 Å². The number of sulfone groups is 1. The van der Waals surface area contributed by atoms with Crippen LogP contribution in [0.2, 0.25) is 0 Å². The first-order chi connectivity index (χ1) is 11.6. The highest BCUT2D eigenvalue weighted by Gasteiger charge is 2.39. The van der Waals surface area contributed by atoms with Gasteiger partial charge in [-0.05, 0) is 51.5 Å². The van der Waals surface area contributed by atoms with Crippen molar-refractivity contribution in [3.8, 4) is 5.69 Å². The van der Waals surface area contributed by atoms with Crippen molar-refractivity contribution in [3.05, 3.63) is 51.8 Å². The Morgan fingerprint density at radius 1 is 1.28 bits per heavy atom. The number of aromatic nitrogens is 1. The molecule has 7 heteroatoms. The maximum Gasteiger partial charge on any atom is 0.253 e. The highest BCUT2D eigenvalue weighted by molar-refractivity contribution is 9.10. The van der Waals surface area contributed by atoms with Crippen LogP contribution in [0.5, 0.6) is 0 Å². The average Bonchev–Trinajstić information content (AvgIpc) is 2.94. The molecule has 0 bridgehead atoms. The molecule has 0 saturated carbocycles. The summed E-state index contributed by atoms with van der Waals surface area (Å²) in [4.78, 5) is 12.8. The molecule has 1 unspecified atom stereocenters. The van der Waals surface area contributed by atoms with E-state index in [0.717, 1.165) is 21.5 Å². The predicted octanol–water partition coefficient (Wildman–Crippen LogP) is 3.16. The van der Waals surface area contributed by atoms with Gasteiger partial charge < -0.3 is 9.88 Å². The summed E-state index contributed by atoms with van der Waals surface area (Å²) in [6.45, 7) is 5.64. The number of rotatable bonds is 3. The third-order valence-electron chi connectivity index (χ3n) is 4.66. The summed E-state index contributed by atoms with van der Waals surface area (Å²) in [6.07, 6.45) is 0.450. The lowest BCUT2D eigenvalue weighted by Gasteiger charge is -2.23. The van der Waals surface area contributed by atoms with Crippen molar-refractivity contribution in [2.45, 2.75) is 32.7 Å². The Labute approximate surface area is 156 Å². The van der Waals surface area contributed by atoms with Crippen LogP contribution in [0.25, 0.3) is 5.69 Å². The summed E-state index contributed by atoms with van der Waals surface area (Å²) in [7, 11) is -3.07. The van der Waals surface area contributed by atoms with Gasteiger partial charge in [-0.25, -0.2) is 8.42 Å². The van der Waals surface area contributed by atoms with Crippen molar-refractivity contribution < 1.29 is 13.2 Å². The first-order valence-electron chi connectivity index (χ1n) is 8.08. The van der Waals surface area contributed by atoms with Gasteiger partial charge in [0.1, 0.15) is 0 Å². The molecule has 1 aromatic heterocycles. The molecule has 0 spiro atoms. The number of benzene rings is 1. The Balaban J connectivity index is 1.91. The number of carbonyl (C=O) groups excluding carboxylic acids is 1. The average molecular weight is 425 g/mol. The van der Waals surface area contributed by atoms with E-state index in [1.54, 1.807) is 6.92 Å². The number of carbonyl (C=O) groups is 1. The smallest absolute Gasteiger partial charge is 0.253 e. The van der Waals surface area contributed by atoms with Gasteiger partial charge in [-0.1, -0.05) is 22.0 Å². The normalized spacial score (nSPS) is 22.1. The highest BCUT2D eigenvalue weighted by Crippen LogP contribution is 2.26.